The van der Waals surface area contributed by atoms with Gasteiger partial charge in [0.1, 0.15) is 6.07 Å². The lowest BCUT2D eigenvalue weighted by Crippen LogP contribution is -2.28. The van der Waals surface area contributed by atoms with Crippen LogP contribution in [0.15, 0.2) is 18.2 Å². The lowest BCUT2D eigenvalue weighted by atomic mass is 10.2. The minimum absolute atomic E-state index is 0.298. The van der Waals surface area contributed by atoms with Gasteiger partial charge in [0, 0.05) is 30.6 Å². The van der Waals surface area contributed by atoms with E-state index in [9.17, 15) is 4.79 Å². The predicted octanol–water partition coefficient (Wildman–Crippen LogP) is 2.99. The van der Waals surface area contributed by atoms with E-state index in [1.54, 1.807) is 25.3 Å². The molecule has 25 heavy (non-hydrogen) atoms. The third kappa shape index (κ3) is 4.72. The molecule has 0 fully saturated rings. The number of carbonyl (C=O) groups is 1. The number of ether oxygens (including phenoxy) is 1. The first kappa shape index (κ1) is 18.8. The van der Waals surface area contributed by atoms with Crippen molar-refractivity contribution in [2.24, 2.45) is 0 Å². The molecule has 7 nitrogen and oxygen atoms in total. The summed E-state index contributed by atoms with van der Waals surface area (Å²) in [6.07, 6.45) is 0. The van der Waals surface area contributed by atoms with E-state index in [1.165, 1.54) is 0 Å². The Labute approximate surface area is 151 Å². The van der Waals surface area contributed by atoms with E-state index >= 15 is 0 Å². The highest BCUT2D eigenvalue weighted by molar-refractivity contribution is 6.32. The molecule has 1 aromatic heterocycles. The molecule has 1 aromatic carbocycles. The van der Waals surface area contributed by atoms with Gasteiger partial charge in [-0.05, 0) is 32.0 Å². The second kappa shape index (κ2) is 8.51. The third-order valence-electron chi connectivity index (χ3n) is 3.81. The van der Waals surface area contributed by atoms with Crippen LogP contribution in [0, 0.1) is 25.2 Å². The summed E-state index contributed by atoms with van der Waals surface area (Å²) in [6.45, 7) is 5.48. The normalized spacial score (nSPS) is 10.4. The second-order valence-electron chi connectivity index (χ2n) is 5.48. The number of benzene rings is 1. The maximum atomic E-state index is 12.1. The van der Waals surface area contributed by atoms with Crippen LogP contribution >= 0.6 is 11.6 Å². The number of halogens is 1. The number of anilines is 1. The maximum absolute atomic E-state index is 12.1. The molecule has 0 spiro atoms. The highest BCUT2D eigenvalue weighted by atomic mass is 35.5. The zero-order valence-corrected chi connectivity index (χ0v) is 15.1. The van der Waals surface area contributed by atoms with Gasteiger partial charge in [-0.2, -0.15) is 10.4 Å². The largest absolute Gasteiger partial charge is 0.383 e. The fourth-order valence-corrected chi connectivity index (χ4v) is 2.64. The molecule has 8 heteroatoms. The SMILES string of the molecule is COCCn1nc(C)c(CNC(=O)Nc2ccc(C#N)c(Cl)c2)c1C. The number of carbonyl (C=O) groups excluding carboxylic acids is 1. The topological polar surface area (TPSA) is 92.0 Å². The number of hydrogen-bond acceptors (Lipinski definition) is 4. The lowest BCUT2D eigenvalue weighted by Gasteiger charge is -2.09. The highest BCUT2D eigenvalue weighted by Gasteiger charge is 2.12. The molecule has 0 radical (unpaired) electrons. The number of amides is 2. The van der Waals surface area contributed by atoms with Gasteiger partial charge in [-0.1, -0.05) is 11.6 Å². The molecule has 1 heterocycles. The molecule has 0 saturated carbocycles. The molecule has 0 atom stereocenters. The van der Waals surface area contributed by atoms with Crippen LogP contribution < -0.4 is 10.6 Å². The molecule has 0 saturated heterocycles. The van der Waals surface area contributed by atoms with E-state index in [0.29, 0.717) is 36.0 Å². The molecule has 0 unspecified atom stereocenters. The van der Waals surface area contributed by atoms with Gasteiger partial charge in [0.2, 0.25) is 0 Å². The quantitative estimate of drug-likeness (QED) is 0.827. The first-order valence-corrected chi connectivity index (χ1v) is 8.10. The van der Waals surface area contributed by atoms with Gasteiger partial charge in [-0.15, -0.1) is 0 Å². The average molecular weight is 362 g/mol. The first-order valence-electron chi connectivity index (χ1n) is 7.72. The number of nitriles is 1. The number of aryl methyl sites for hydroxylation is 1. The Bertz CT molecular complexity index is 810. The number of nitrogens with zero attached hydrogens (tertiary/aromatic N) is 3. The highest BCUT2D eigenvalue weighted by Crippen LogP contribution is 2.20. The van der Waals surface area contributed by atoms with Crippen molar-refractivity contribution in [3.8, 4) is 6.07 Å². The van der Waals surface area contributed by atoms with Crippen LogP contribution in [0.1, 0.15) is 22.5 Å². The summed E-state index contributed by atoms with van der Waals surface area (Å²) in [4.78, 5) is 12.1. The van der Waals surface area contributed by atoms with Crippen LogP contribution in [0.25, 0.3) is 0 Å². The van der Waals surface area contributed by atoms with Crippen molar-refractivity contribution in [2.75, 3.05) is 19.0 Å². The minimum Gasteiger partial charge on any atom is -0.383 e. The summed E-state index contributed by atoms with van der Waals surface area (Å²) in [7, 11) is 1.65. The fraction of sp³-hybridized carbons (Fsp3) is 0.353. The summed E-state index contributed by atoms with van der Waals surface area (Å²) in [5, 5.41) is 19.1. The molecule has 2 N–H and O–H groups in total. The molecule has 2 aromatic rings. The molecule has 2 rings (SSSR count). The summed E-state index contributed by atoms with van der Waals surface area (Å²) in [6, 6.07) is 6.35. The number of rotatable bonds is 6. The molecular weight excluding hydrogens is 342 g/mol. The van der Waals surface area contributed by atoms with Gasteiger partial charge in [-0.25, -0.2) is 4.79 Å². The van der Waals surface area contributed by atoms with Crippen LogP contribution in [0.3, 0.4) is 0 Å². The van der Waals surface area contributed by atoms with E-state index in [4.69, 9.17) is 21.6 Å². The van der Waals surface area contributed by atoms with Gasteiger partial charge in [-0.3, -0.25) is 4.68 Å². The predicted molar refractivity (Wildman–Crippen MR) is 95.6 cm³/mol. The van der Waals surface area contributed by atoms with Crippen molar-refractivity contribution in [3.63, 3.8) is 0 Å². The zero-order valence-electron chi connectivity index (χ0n) is 14.4. The van der Waals surface area contributed by atoms with Crippen molar-refractivity contribution in [3.05, 3.63) is 45.7 Å². The minimum atomic E-state index is -0.357. The van der Waals surface area contributed by atoms with Crippen molar-refractivity contribution in [1.82, 2.24) is 15.1 Å². The second-order valence-corrected chi connectivity index (χ2v) is 5.89. The van der Waals surface area contributed by atoms with Crippen molar-refractivity contribution in [1.29, 1.82) is 5.26 Å². The number of nitrogens with one attached hydrogen (secondary N) is 2. The van der Waals surface area contributed by atoms with E-state index < -0.39 is 0 Å². The average Bonchev–Trinajstić information content (AvgIpc) is 2.85. The molecule has 132 valence electrons. The molecule has 0 aliphatic heterocycles. The Kier molecular flexibility index (Phi) is 6.39. The Hall–Kier alpha value is -2.56. The summed E-state index contributed by atoms with van der Waals surface area (Å²) < 4.78 is 6.94. The Morgan fingerprint density at radius 2 is 2.20 bits per heavy atom. The van der Waals surface area contributed by atoms with Crippen LogP contribution in [-0.4, -0.2) is 29.5 Å². The Morgan fingerprint density at radius 3 is 2.84 bits per heavy atom. The van der Waals surface area contributed by atoms with Crippen LogP contribution in [-0.2, 0) is 17.8 Å². The van der Waals surface area contributed by atoms with E-state index in [1.807, 2.05) is 24.6 Å². The van der Waals surface area contributed by atoms with Crippen LogP contribution in [0.5, 0.6) is 0 Å². The molecule has 0 bridgehead atoms. The maximum Gasteiger partial charge on any atom is 0.319 e. The third-order valence-corrected chi connectivity index (χ3v) is 4.12. The van der Waals surface area contributed by atoms with Crippen molar-refractivity contribution < 1.29 is 9.53 Å². The Morgan fingerprint density at radius 1 is 1.44 bits per heavy atom. The van der Waals surface area contributed by atoms with E-state index in [2.05, 4.69) is 15.7 Å². The number of hydrogen-bond donors (Lipinski definition) is 2. The van der Waals surface area contributed by atoms with Gasteiger partial charge in [0.15, 0.2) is 0 Å². The van der Waals surface area contributed by atoms with Crippen molar-refractivity contribution in [2.45, 2.75) is 26.9 Å². The first-order chi connectivity index (χ1) is 12.0. The zero-order chi connectivity index (χ0) is 18.4. The van der Waals surface area contributed by atoms with Gasteiger partial charge >= 0.3 is 6.03 Å². The van der Waals surface area contributed by atoms with E-state index in [0.717, 1.165) is 17.0 Å². The summed E-state index contributed by atoms with van der Waals surface area (Å²) in [5.41, 5.74) is 3.73. The van der Waals surface area contributed by atoms with Gasteiger partial charge < -0.3 is 15.4 Å². The monoisotopic (exact) mass is 361 g/mol. The lowest BCUT2D eigenvalue weighted by molar-refractivity contribution is 0.182. The number of aromatic nitrogens is 2. The van der Waals surface area contributed by atoms with Crippen LogP contribution in [0.4, 0.5) is 10.5 Å². The van der Waals surface area contributed by atoms with Crippen molar-refractivity contribution >= 4 is 23.3 Å². The number of urea groups is 1. The number of methoxy groups -OCH3 is 1. The fourth-order valence-electron chi connectivity index (χ4n) is 2.41. The molecule has 0 aliphatic carbocycles. The Balaban J connectivity index is 1.97. The summed E-state index contributed by atoms with van der Waals surface area (Å²) >= 11 is 5.96. The molecule has 2 amide bonds. The standard InChI is InChI=1S/C17H20ClN5O2/c1-11-15(12(2)23(22-11)6-7-25-3)10-20-17(24)21-14-5-4-13(9-19)16(18)8-14/h4-5,8H,6-7,10H2,1-3H3,(H2,20,21,24). The van der Waals surface area contributed by atoms with E-state index in [-0.39, 0.29) is 6.03 Å². The molecular formula is C17H20ClN5O2. The smallest absolute Gasteiger partial charge is 0.319 e. The van der Waals surface area contributed by atoms with Gasteiger partial charge in [0.25, 0.3) is 0 Å². The van der Waals surface area contributed by atoms with Gasteiger partial charge in [0.05, 0.1) is 29.4 Å². The van der Waals surface area contributed by atoms with Crippen LogP contribution in [0.2, 0.25) is 5.02 Å². The summed E-state index contributed by atoms with van der Waals surface area (Å²) in [5.74, 6) is 0. The molecule has 0 aliphatic rings.